The predicted molar refractivity (Wildman–Crippen MR) is 91.0 cm³/mol. The Labute approximate surface area is 137 Å². The van der Waals surface area contributed by atoms with Crippen LogP contribution in [0, 0.1) is 0 Å². The molecule has 0 aromatic heterocycles. The van der Waals surface area contributed by atoms with Gasteiger partial charge in [0.05, 0.1) is 5.56 Å². The van der Waals surface area contributed by atoms with Gasteiger partial charge in [-0.15, -0.1) is 0 Å². The van der Waals surface area contributed by atoms with Crippen molar-refractivity contribution in [1.82, 2.24) is 0 Å². The van der Waals surface area contributed by atoms with Gasteiger partial charge in [0.25, 0.3) is 0 Å². The van der Waals surface area contributed by atoms with Crippen molar-refractivity contribution in [3.63, 3.8) is 0 Å². The summed E-state index contributed by atoms with van der Waals surface area (Å²) in [6.07, 6.45) is 1.73. The molecule has 0 radical (unpaired) electrons. The molecule has 23 heavy (non-hydrogen) atoms. The molecule has 0 amide bonds. The minimum Gasteiger partial charge on any atom is -0.399 e. The molecule has 2 N–H and O–H groups in total. The number of nitrogen functional groups attached to an aromatic ring is 1. The van der Waals surface area contributed by atoms with E-state index in [0.29, 0.717) is 5.56 Å². The molecule has 0 atom stereocenters. The molecule has 0 aliphatic heterocycles. The molecule has 0 unspecified atom stereocenters. The number of hydrogen-bond donors (Lipinski definition) is 1. The lowest BCUT2D eigenvalue weighted by Gasteiger charge is -2.16. The van der Waals surface area contributed by atoms with Gasteiger partial charge in [-0.05, 0) is 62.9 Å². The molecule has 2 aromatic carbocycles. The van der Waals surface area contributed by atoms with Gasteiger partial charge in [-0.2, -0.15) is 4.89 Å². The molecule has 4 heteroatoms. The Balaban J connectivity index is 1.92. The van der Waals surface area contributed by atoms with Gasteiger partial charge in [-0.1, -0.05) is 30.3 Å². The molecule has 0 saturated heterocycles. The molecular weight excluding hydrogens is 290 g/mol. The molecule has 0 aliphatic rings. The van der Waals surface area contributed by atoms with Crippen LogP contribution in [0.15, 0.2) is 48.5 Å². The second-order valence-electron chi connectivity index (χ2n) is 6.46. The first-order valence-electron chi connectivity index (χ1n) is 7.67. The van der Waals surface area contributed by atoms with Crippen molar-refractivity contribution in [3.05, 3.63) is 65.2 Å². The summed E-state index contributed by atoms with van der Waals surface area (Å²) in [7, 11) is 0. The maximum Gasteiger partial charge on any atom is 0.373 e. The summed E-state index contributed by atoms with van der Waals surface area (Å²) in [6, 6.07) is 15.2. The highest BCUT2D eigenvalue weighted by molar-refractivity contribution is 5.88. The zero-order valence-electron chi connectivity index (χ0n) is 13.8. The van der Waals surface area contributed by atoms with Gasteiger partial charge in [0.2, 0.25) is 0 Å². The molecule has 4 nitrogen and oxygen atoms in total. The summed E-state index contributed by atoms with van der Waals surface area (Å²) < 4.78 is 0. The van der Waals surface area contributed by atoms with Crippen molar-refractivity contribution in [2.45, 2.75) is 39.2 Å². The van der Waals surface area contributed by atoms with Crippen LogP contribution in [0.5, 0.6) is 0 Å². The summed E-state index contributed by atoms with van der Waals surface area (Å²) in [5.74, 6) is -0.487. The number of carbonyl (C=O) groups is 1. The molecule has 0 heterocycles. The first kappa shape index (κ1) is 17.0. The zero-order valence-corrected chi connectivity index (χ0v) is 13.8. The monoisotopic (exact) mass is 313 g/mol. The van der Waals surface area contributed by atoms with Gasteiger partial charge in [0.15, 0.2) is 0 Å². The van der Waals surface area contributed by atoms with Gasteiger partial charge < -0.3 is 5.73 Å². The Bertz CT molecular complexity index is 657. The van der Waals surface area contributed by atoms with Crippen LogP contribution in [0.1, 0.15) is 42.3 Å². The Hall–Kier alpha value is -2.33. The normalized spacial score (nSPS) is 11.3. The second-order valence-corrected chi connectivity index (χ2v) is 6.46. The van der Waals surface area contributed by atoms with Crippen LogP contribution in [-0.2, 0) is 22.6 Å². The standard InChI is InChI=1S/C19H23NO3/c1-19(2,3)23-22-18(21)16-12-9-14(10-13-16)8-11-15-6-4-5-7-17(15)20/h4-7,9-10,12-13H,8,11,20H2,1-3H3. The highest BCUT2D eigenvalue weighted by atomic mass is 17.2. The van der Waals surface area contributed by atoms with E-state index in [0.717, 1.165) is 29.7 Å². The fraction of sp³-hybridized carbons (Fsp3) is 0.316. The first-order valence-corrected chi connectivity index (χ1v) is 7.67. The van der Waals surface area contributed by atoms with Crippen LogP contribution in [0.3, 0.4) is 0 Å². The van der Waals surface area contributed by atoms with E-state index in [1.54, 1.807) is 12.1 Å². The SMILES string of the molecule is CC(C)(C)OOC(=O)c1ccc(CCc2ccccc2N)cc1. The fourth-order valence-corrected chi connectivity index (χ4v) is 2.06. The zero-order chi connectivity index (χ0) is 16.9. The smallest absolute Gasteiger partial charge is 0.373 e. The Kier molecular flexibility index (Phi) is 5.40. The lowest BCUT2D eigenvalue weighted by Crippen LogP contribution is -2.21. The molecular formula is C19H23NO3. The summed E-state index contributed by atoms with van der Waals surface area (Å²) >= 11 is 0. The number of anilines is 1. The number of nitrogens with two attached hydrogens (primary N) is 1. The van der Waals surface area contributed by atoms with Gasteiger partial charge in [-0.3, -0.25) is 4.89 Å². The minimum atomic E-state index is -0.523. The summed E-state index contributed by atoms with van der Waals surface area (Å²) in [5, 5.41) is 0. The van der Waals surface area contributed by atoms with Crippen LogP contribution >= 0.6 is 0 Å². The number of para-hydroxylation sites is 1. The summed E-state index contributed by atoms with van der Waals surface area (Å²) in [6.45, 7) is 5.45. The first-order chi connectivity index (χ1) is 10.8. The van der Waals surface area contributed by atoms with E-state index >= 15 is 0 Å². The quantitative estimate of drug-likeness (QED) is 0.516. The van der Waals surface area contributed by atoms with Crippen LogP contribution in [0.25, 0.3) is 0 Å². The van der Waals surface area contributed by atoms with Crippen molar-refractivity contribution < 1.29 is 14.6 Å². The number of rotatable bonds is 5. The summed E-state index contributed by atoms with van der Waals surface area (Å²) in [5.41, 5.74) is 8.98. The van der Waals surface area contributed by atoms with Crippen LogP contribution in [-0.4, -0.2) is 11.6 Å². The molecule has 0 saturated carbocycles. The fourth-order valence-electron chi connectivity index (χ4n) is 2.06. The van der Waals surface area contributed by atoms with Crippen molar-refractivity contribution in [3.8, 4) is 0 Å². The number of benzene rings is 2. The largest absolute Gasteiger partial charge is 0.399 e. The molecule has 2 rings (SSSR count). The third-order valence-corrected chi connectivity index (χ3v) is 3.30. The average molecular weight is 313 g/mol. The molecule has 2 aromatic rings. The Morgan fingerprint density at radius 2 is 1.65 bits per heavy atom. The number of hydrogen-bond acceptors (Lipinski definition) is 4. The maximum absolute atomic E-state index is 11.9. The number of aryl methyl sites for hydroxylation is 2. The van der Waals surface area contributed by atoms with E-state index in [1.165, 1.54) is 0 Å². The van der Waals surface area contributed by atoms with Crippen LogP contribution in [0.4, 0.5) is 5.69 Å². The van der Waals surface area contributed by atoms with Crippen LogP contribution < -0.4 is 5.73 Å². The minimum absolute atomic E-state index is 0.470. The second kappa shape index (κ2) is 7.29. The Morgan fingerprint density at radius 3 is 2.26 bits per heavy atom. The third-order valence-electron chi connectivity index (χ3n) is 3.30. The van der Waals surface area contributed by atoms with E-state index < -0.39 is 11.6 Å². The van der Waals surface area contributed by atoms with E-state index in [2.05, 4.69) is 0 Å². The highest BCUT2D eigenvalue weighted by Crippen LogP contribution is 2.15. The molecule has 0 fully saturated rings. The molecule has 0 aliphatic carbocycles. The van der Waals surface area contributed by atoms with Gasteiger partial charge in [0, 0.05) is 5.69 Å². The third kappa shape index (κ3) is 5.42. The van der Waals surface area contributed by atoms with Gasteiger partial charge in [0.1, 0.15) is 5.60 Å². The topological polar surface area (TPSA) is 61.5 Å². The van der Waals surface area contributed by atoms with Gasteiger partial charge in [-0.25, -0.2) is 4.79 Å². The Morgan fingerprint density at radius 1 is 1.00 bits per heavy atom. The molecule has 122 valence electrons. The van der Waals surface area contributed by atoms with E-state index in [9.17, 15) is 4.79 Å². The van der Waals surface area contributed by atoms with E-state index in [1.807, 2.05) is 57.2 Å². The lowest BCUT2D eigenvalue weighted by molar-refractivity contribution is -0.301. The molecule has 0 bridgehead atoms. The van der Waals surface area contributed by atoms with E-state index in [-0.39, 0.29) is 0 Å². The van der Waals surface area contributed by atoms with E-state index in [4.69, 9.17) is 15.5 Å². The number of carbonyl (C=O) groups excluding carboxylic acids is 1. The summed E-state index contributed by atoms with van der Waals surface area (Å²) in [4.78, 5) is 21.7. The van der Waals surface area contributed by atoms with Crippen LogP contribution in [0.2, 0.25) is 0 Å². The highest BCUT2D eigenvalue weighted by Gasteiger charge is 2.16. The van der Waals surface area contributed by atoms with Crippen molar-refractivity contribution in [2.24, 2.45) is 0 Å². The maximum atomic E-state index is 11.9. The average Bonchev–Trinajstić information content (AvgIpc) is 2.52. The van der Waals surface area contributed by atoms with Crippen molar-refractivity contribution in [1.29, 1.82) is 0 Å². The predicted octanol–water partition coefficient (Wildman–Crippen LogP) is 3.94. The lowest BCUT2D eigenvalue weighted by atomic mass is 10.0. The van der Waals surface area contributed by atoms with Crippen molar-refractivity contribution in [2.75, 3.05) is 5.73 Å². The van der Waals surface area contributed by atoms with Crippen molar-refractivity contribution >= 4 is 11.7 Å². The molecule has 0 spiro atoms. The van der Waals surface area contributed by atoms with Gasteiger partial charge >= 0.3 is 5.97 Å².